The first-order valence-electron chi connectivity index (χ1n) is 9.57. The SMILES string of the molecule is Cc1cc(/C=N/NC(=O)CN(c2ccccc2Cl)S(C)(=O)=O)c(C)n1-c1ccccc1F. The Morgan fingerprint density at radius 1 is 1.19 bits per heavy atom. The standard InChI is InChI=1S/C22H22ClFN4O3S/c1-15-12-17(16(2)28(15)21-11-7-5-9-19(21)24)13-25-26-22(29)14-27(32(3,30)31)20-10-6-4-8-18(20)23/h4-13H,14H2,1-3H3,(H,26,29)/b25-13+. The average Bonchev–Trinajstić information content (AvgIpc) is 3.00. The summed E-state index contributed by atoms with van der Waals surface area (Å²) in [5, 5.41) is 4.14. The van der Waals surface area contributed by atoms with Crippen LogP contribution in [0.15, 0.2) is 59.7 Å². The van der Waals surface area contributed by atoms with E-state index in [1.165, 1.54) is 24.4 Å². The number of halogens is 2. The maximum absolute atomic E-state index is 14.2. The van der Waals surface area contributed by atoms with Gasteiger partial charge in [-0.15, -0.1) is 0 Å². The summed E-state index contributed by atoms with van der Waals surface area (Å²) in [6, 6.07) is 14.6. The van der Waals surface area contributed by atoms with Gasteiger partial charge in [-0.1, -0.05) is 35.9 Å². The number of aromatic nitrogens is 1. The van der Waals surface area contributed by atoms with Crippen molar-refractivity contribution >= 4 is 39.4 Å². The summed E-state index contributed by atoms with van der Waals surface area (Å²) in [7, 11) is -3.76. The zero-order valence-electron chi connectivity index (χ0n) is 17.7. The van der Waals surface area contributed by atoms with Gasteiger partial charge in [0, 0.05) is 17.0 Å². The minimum atomic E-state index is -3.76. The van der Waals surface area contributed by atoms with E-state index in [0.717, 1.165) is 21.9 Å². The molecule has 0 atom stereocenters. The molecule has 2 aromatic carbocycles. The first-order valence-corrected chi connectivity index (χ1v) is 11.8. The fraction of sp³-hybridized carbons (Fsp3) is 0.182. The van der Waals surface area contributed by atoms with Gasteiger partial charge in [-0.25, -0.2) is 18.2 Å². The number of sulfonamides is 1. The number of hydrogen-bond acceptors (Lipinski definition) is 4. The van der Waals surface area contributed by atoms with Gasteiger partial charge in [0.15, 0.2) is 0 Å². The third-order valence-corrected chi connectivity index (χ3v) is 6.21. The van der Waals surface area contributed by atoms with Crippen molar-refractivity contribution in [2.45, 2.75) is 13.8 Å². The minimum Gasteiger partial charge on any atom is -0.315 e. The highest BCUT2D eigenvalue weighted by Gasteiger charge is 2.22. The zero-order chi connectivity index (χ0) is 23.5. The van der Waals surface area contributed by atoms with Crippen LogP contribution >= 0.6 is 11.6 Å². The maximum Gasteiger partial charge on any atom is 0.260 e. The normalized spacial score (nSPS) is 11.7. The Balaban J connectivity index is 1.76. The van der Waals surface area contributed by atoms with Crippen molar-refractivity contribution in [3.8, 4) is 5.69 Å². The van der Waals surface area contributed by atoms with Crippen LogP contribution in [0, 0.1) is 19.7 Å². The molecule has 1 heterocycles. The molecule has 10 heteroatoms. The molecular formula is C22H22ClFN4O3S. The van der Waals surface area contributed by atoms with E-state index < -0.39 is 22.5 Å². The molecule has 0 radical (unpaired) electrons. The second-order valence-corrected chi connectivity index (χ2v) is 9.44. The molecule has 0 fully saturated rings. The number of rotatable bonds is 7. The number of hydrogen-bond donors (Lipinski definition) is 1. The van der Waals surface area contributed by atoms with Crippen LogP contribution in [0.4, 0.5) is 10.1 Å². The largest absolute Gasteiger partial charge is 0.315 e. The van der Waals surface area contributed by atoms with Crippen molar-refractivity contribution in [3.05, 3.63) is 82.4 Å². The van der Waals surface area contributed by atoms with Gasteiger partial charge < -0.3 is 4.57 Å². The lowest BCUT2D eigenvalue weighted by molar-refractivity contribution is -0.119. The smallest absolute Gasteiger partial charge is 0.260 e. The number of benzene rings is 2. The summed E-state index contributed by atoms with van der Waals surface area (Å²) >= 11 is 6.09. The molecular weight excluding hydrogens is 455 g/mol. The molecule has 1 aromatic heterocycles. The van der Waals surface area contributed by atoms with Gasteiger partial charge in [0.2, 0.25) is 10.0 Å². The number of nitrogens with zero attached hydrogens (tertiary/aromatic N) is 3. The van der Waals surface area contributed by atoms with E-state index in [9.17, 15) is 17.6 Å². The van der Waals surface area contributed by atoms with Gasteiger partial charge in [-0.2, -0.15) is 5.10 Å². The summed E-state index contributed by atoms with van der Waals surface area (Å²) in [6.45, 7) is 3.16. The van der Waals surface area contributed by atoms with E-state index in [1.54, 1.807) is 34.9 Å². The van der Waals surface area contributed by atoms with Crippen LogP contribution in [-0.4, -0.2) is 37.9 Å². The molecule has 7 nitrogen and oxygen atoms in total. The van der Waals surface area contributed by atoms with Crippen molar-refractivity contribution in [2.24, 2.45) is 5.10 Å². The molecule has 0 saturated heterocycles. The van der Waals surface area contributed by atoms with Crippen LogP contribution in [0.5, 0.6) is 0 Å². The summed E-state index contributed by atoms with van der Waals surface area (Å²) in [5.41, 5.74) is 5.15. The zero-order valence-corrected chi connectivity index (χ0v) is 19.3. The number of anilines is 1. The molecule has 0 aliphatic carbocycles. The lowest BCUT2D eigenvalue weighted by Gasteiger charge is -2.22. The van der Waals surface area contributed by atoms with Crippen LogP contribution < -0.4 is 9.73 Å². The van der Waals surface area contributed by atoms with Crippen LogP contribution in [-0.2, 0) is 14.8 Å². The van der Waals surface area contributed by atoms with Crippen LogP contribution in [0.25, 0.3) is 5.69 Å². The van der Waals surface area contributed by atoms with Gasteiger partial charge in [-0.05, 0) is 44.2 Å². The van der Waals surface area contributed by atoms with Crippen molar-refractivity contribution in [1.82, 2.24) is 9.99 Å². The van der Waals surface area contributed by atoms with Crippen LogP contribution in [0.3, 0.4) is 0 Å². The Kier molecular flexibility index (Phi) is 7.00. The molecule has 0 saturated carbocycles. The van der Waals surface area contributed by atoms with Crippen LogP contribution in [0.1, 0.15) is 17.0 Å². The third kappa shape index (κ3) is 5.17. The first kappa shape index (κ1) is 23.5. The highest BCUT2D eigenvalue weighted by atomic mass is 35.5. The quantitative estimate of drug-likeness (QED) is 0.416. The second kappa shape index (κ2) is 9.54. The van der Waals surface area contributed by atoms with E-state index in [4.69, 9.17) is 11.6 Å². The Hall–Kier alpha value is -3.17. The van der Waals surface area contributed by atoms with Crippen LogP contribution in [0.2, 0.25) is 5.02 Å². The van der Waals surface area contributed by atoms with Gasteiger partial charge in [-0.3, -0.25) is 9.10 Å². The van der Waals surface area contributed by atoms with Crippen molar-refractivity contribution in [3.63, 3.8) is 0 Å². The van der Waals surface area contributed by atoms with Gasteiger partial charge in [0.1, 0.15) is 12.4 Å². The van der Waals surface area contributed by atoms with E-state index in [1.807, 2.05) is 19.9 Å². The topological polar surface area (TPSA) is 83.8 Å². The van der Waals surface area contributed by atoms with Gasteiger partial charge in [0.05, 0.1) is 28.9 Å². The van der Waals surface area contributed by atoms with Crippen molar-refractivity contribution < 1.29 is 17.6 Å². The summed E-state index contributed by atoms with van der Waals surface area (Å²) in [6.07, 6.45) is 2.42. The Labute approximate surface area is 191 Å². The molecule has 0 unspecified atom stereocenters. The average molecular weight is 477 g/mol. The summed E-state index contributed by atoms with van der Waals surface area (Å²) in [4.78, 5) is 12.4. The maximum atomic E-state index is 14.2. The van der Waals surface area contributed by atoms with Gasteiger partial charge >= 0.3 is 0 Å². The predicted molar refractivity (Wildman–Crippen MR) is 125 cm³/mol. The molecule has 3 aromatic rings. The number of carbonyl (C=O) groups is 1. The number of para-hydroxylation sites is 2. The van der Waals surface area contributed by atoms with Gasteiger partial charge in [0.25, 0.3) is 5.91 Å². The Morgan fingerprint density at radius 3 is 2.50 bits per heavy atom. The second-order valence-electron chi connectivity index (χ2n) is 7.13. The number of hydrazone groups is 1. The summed E-state index contributed by atoms with van der Waals surface area (Å²) < 4.78 is 41.2. The Morgan fingerprint density at radius 2 is 1.84 bits per heavy atom. The molecule has 3 rings (SSSR count). The number of amides is 1. The highest BCUT2D eigenvalue weighted by molar-refractivity contribution is 7.92. The molecule has 1 amide bonds. The lowest BCUT2D eigenvalue weighted by Crippen LogP contribution is -2.39. The highest BCUT2D eigenvalue weighted by Crippen LogP contribution is 2.27. The molecule has 1 N–H and O–H groups in total. The number of nitrogens with one attached hydrogen (secondary N) is 1. The van der Waals surface area contributed by atoms with E-state index in [-0.39, 0.29) is 16.5 Å². The Bertz CT molecular complexity index is 1290. The van der Waals surface area contributed by atoms with E-state index >= 15 is 0 Å². The van der Waals surface area contributed by atoms with Crippen molar-refractivity contribution in [2.75, 3.05) is 17.1 Å². The molecule has 0 bridgehead atoms. The van der Waals surface area contributed by atoms with Crippen molar-refractivity contribution in [1.29, 1.82) is 0 Å². The molecule has 0 aliphatic heterocycles. The molecule has 168 valence electrons. The first-order chi connectivity index (χ1) is 15.1. The third-order valence-electron chi connectivity index (χ3n) is 4.77. The summed E-state index contributed by atoms with van der Waals surface area (Å²) in [5.74, 6) is -0.999. The monoisotopic (exact) mass is 476 g/mol. The minimum absolute atomic E-state index is 0.198. The van der Waals surface area contributed by atoms with E-state index in [0.29, 0.717) is 11.3 Å². The number of aryl methyl sites for hydroxylation is 1. The molecule has 32 heavy (non-hydrogen) atoms. The lowest BCUT2D eigenvalue weighted by atomic mass is 10.2. The molecule has 0 aliphatic rings. The molecule has 0 spiro atoms. The predicted octanol–water partition coefficient (Wildman–Crippen LogP) is 3.80. The van der Waals surface area contributed by atoms with E-state index in [2.05, 4.69) is 10.5 Å². The fourth-order valence-electron chi connectivity index (χ4n) is 3.30. The fourth-order valence-corrected chi connectivity index (χ4v) is 4.45. The number of carbonyl (C=O) groups excluding carboxylic acids is 1.